The lowest BCUT2D eigenvalue weighted by Crippen LogP contribution is -2.35. The molecule has 0 unspecified atom stereocenters. The molecule has 0 atom stereocenters. The molecule has 5 rings (SSSR count). The molecule has 4 aromatic rings. The Bertz CT molecular complexity index is 1210. The van der Waals surface area contributed by atoms with Gasteiger partial charge in [-0.05, 0) is 54.1 Å². The van der Waals surface area contributed by atoms with Gasteiger partial charge < -0.3 is 15.0 Å². The third kappa shape index (κ3) is 4.69. The SMILES string of the molecule is CN(c1ccc(F)cc1)c1ccc2nc(Nc3cc(CN4CCOCC4)ccn3)sc2n1. The van der Waals surface area contributed by atoms with Crippen LogP contribution in [0.15, 0.2) is 54.7 Å². The molecule has 1 aromatic carbocycles. The van der Waals surface area contributed by atoms with Gasteiger partial charge in [0, 0.05) is 38.6 Å². The van der Waals surface area contributed by atoms with E-state index in [0.717, 1.165) is 65.6 Å². The number of fused-ring (bicyclic) bond motifs is 1. The Kier molecular flexibility index (Phi) is 5.93. The quantitative estimate of drug-likeness (QED) is 0.462. The molecule has 0 spiro atoms. The minimum Gasteiger partial charge on any atom is -0.379 e. The normalized spacial score (nSPS) is 14.6. The van der Waals surface area contributed by atoms with Crippen molar-refractivity contribution in [2.24, 2.45) is 0 Å². The van der Waals surface area contributed by atoms with Crippen LogP contribution in [0.2, 0.25) is 0 Å². The van der Waals surface area contributed by atoms with Gasteiger partial charge in [-0.1, -0.05) is 11.3 Å². The Balaban J connectivity index is 1.32. The number of halogens is 1. The fraction of sp³-hybridized carbons (Fsp3) is 0.261. The van der Waals surface area contributed by atoms with Crippen molar-refractivity contribution < 1.29 is 9.13 Å². The van der Waals surface area contributed by atoms with E-state index in [-0.39, 0.29) is 5.82 Å². The van der Waals surface area contributed by atoms with E-state index in [9.17, 15) is 4.39 Å². The topological polar surface area (TPSA) is 66.4 Å². The van der Waals surface area contributed by atoms with E-state index in [4.69, 9.17) is 9.72 Å². The Hall–Kier alpha value is -3.14. The molecule has 1 saturated heterocycles. The maximum Gasteiger partial charge on any atom is 0.190 e. The first kappa shape index (κ1) is 20.7. The first-order valence-electron chi connectivity index (χ1n) is 10.4. The van der Waals surface area contributed by atoms with E-state index in [1.807, 2.05) is 36.3 Å². The van der Waals surface area contributed by atoms with Gasteiger partial charge in [0.2, 0.25) is 0 Å². The van der Waals surface area contributed by atoms with Crippen molar-refractivity contribution in [1.29, 1.82) is 0 Å². The van der Waals surface area contributed by atoms with Gasteiger partial charge in [0.15, 0.2) is 5.13 Å². The van der Waals surface area contributed by atoms with Crippen LogP contribution in [0.25, 0.3) is 10.3 Å². The number of nitrogens with one attached hydrogen (secondary N) is 1. The minimum absolute atomic E-state index is 0.258. The molecule has 0 radical (unpaired) electrons. The van der Waals surface area contributed by atoms with Crippen LogP contribution >= 0.6 is 11.3 Å². The molecule has 0 amide bonds. The lowest BCUT2D eigenvalue weighted by Gasteiger charge is -2.26. The van der Waals surface area contributed by atoms with Gasteiger partial charge in [-0.15, -0.1) is 0 Å². The molecule has 4 heterocycles. The largest absolute Gasteiger partial charge is 0.379 e. The summed E-state index contributed by atoms with van der Waals surface area (Å²) in [5, 5.41) is 4.06. The molecular formula is C23H23FN6OS. The molecule has 9 heteroatoms. The number of anilines is 4. The van der Waals surface area contributed by atoms with Crippen LogP contribution < -0.4 is 10.2 Å². The van der Waals surface area contributed by atoms with Crippen LogP contribution in [-0.2, 0) is 11.3 Å². The summed E-state index contributed by atoms with van der Waals surface area (Å²) >= 11 is 1.48. The molecule has 1 N–H and O–H groups in total. The first-order chi connectivity index (χ1) is 15.6. The first-order valence-corrected chi connectivity index (χ1v) is 11.2. The molecule has 164 valence electrons. The summed E-state index contributed by atoms with van der Waals surface area (Å²) < 4.78 is 18.6. The average molecular weight is 451 g/mol. The fourth-order valence-electron chi connectivity index (χ4n) is 3.61. The molecule has 32 heavy (non-hydrogen) atoms. The number of pyridine rings is 2. The van der Waals surface area contributed by atoms with Crippen LogP contribution in [-0.4, -0.2) is 53.2 Å². The zero-order valence-corrected chi connectivity index (χ0v) is 18.5. The third-order valence-corrected chi connectivity index (χ3v) is 6.25. The van der Waals surface area contributed by atoms with Crippen LogP contribution in [0.4, 0.5) is 26.8 Å². The highest BCUT2D eigenvalue weighted by molar-refractivity contribution is 7.21. The number of hydrogen-bond acceptors (Lipinski definition) is 8. The number of morpholine rings is 1. The third-order valence-electron chi connectivity index (χ3n) is 5.37. The van der Waals surface area contributed by atoms with Crippen molar-refractivity contribution in [2.45, 2.75) is 6.54 Å². The lowest BCUT2D eigenvalue weighted by molar-refractivity contribution is 0.0342. The molecule has 3 aromatic heterocycles. The number of nitrogens with zero attached hydrogens (tertiary/aromatic N) is 5. The Labute approximate surface area is 189 Å². The summed E-state index contributed by atoms with van der Waals surface area (Å²) in [5.74, 6) is 1.27. The summed E-state index contributed by atoms with van der Waals surface area (Å²) in [4.78, 5) is 19.0. The standard InChI is InChI=1S/C23H23FN6OS/c1-29(18-4-2-17(24)3-5-18)21-7-6-19-22(28-21)32-23(26-19)27-20-14-16(8-9-25-20)15-30-10-12-31-13-11-30/h2-9,14H,10-13,15H2,1H3,(H,25,26,27). The van der Waals surface area contributed by atoms with Crippen molar-refractivity contribution in [3.8, 4) is 0 Å². The Morgan fingerprint density at radius 1 is 1.09 bits per heavy atom. The van der Waals surface area contributed by atoms with Crippen molar-refractivity contribution >= 4 is 44.1 Å². The molecule has 0 bridgehead atoms. The van der Waals surface area contributed by atoms with E-state index >= 15 is 0 Å². The van der Waals surface area contributed by atoms with Crippen LogP contribution in [0.1, 0.15) is 5.56 Å². The molecule has 0 aliphatic carbocycles. The minimum atomic E-state index is -0.258. The highest BCUT2D eigenvalue weighted by atomic mass is 32.1. The van der Waals surface area contributed by atoms with Crippen LogP contribution in [0.5, 0.6) is 0 Å². The van der Waals surface area contributed by atoms with E-state index < -0.39 is 0 Å². The lowest BCUT2D eigenvalue weighted by atomic mass is 10.2. The van der Waals surface area contributed by atoms with Gasteiger partial charge in [0.05, 0.1) is 13.2 Å². The fourth-order valence-corrected chi connectivity index (χ4v) is 4.45. The van der Waals surface area contributed by atoms with Gasteiger partial charge in [0.1, 0.15) is 27.8 Å². The summed E-state index contributed by atoms with van der Waals surface area (Å²) in [6, 6.07) is 14.3. The zero-order valence-electron chi connectivity index (χ0n) is 17.7. The predicted molar refractivity (Wildman–Crippen MR) is 125 cm³/mol. The van der Waals surface area contributed by atoms with E-state index in [0.29, 0.717) is 0 Å². The molecule has 1 fully saturated rings. The molecule has 1 aliphatic rings. The number of aromatic nitrogens is 3. The second-order valence-electron chi connectivity index (χ2n) is 7.61. The maximum absolute atomic E-state index is 13.2. The van der Waals surface area contributed by atoms with Crippen molar-refractivity contribution in [2.75, 3.05) is 43.6 Å². The van der Waals surface area contributed by atoms with Crippen LogP contribution in [0.3, 0.4) is 0 Å². The number of thiazole rings is 1. The van der Waals surface area contributed by atoms with Crippen molar-refractivity contribution in [3.05, 3.63) is 66.1 Å². The predicted octanol–water partition coefficient (Wildman–Crippen LogP) is 4.57. The molecule has 7 nitrogen and oxygen atoms in total. The monoisotopic (exact) mass is 450 g/mol. The van der Waals surface area contributed by atoms with E-state index in [1.165, 1.54) is 29.0 Å². The van der Waals surface area contributed by atoms with Gasteiger partial charge in [-0.25, -0.2) is 19.3 Å². The summed E-state index contributed by atoms with van der Waals surface area (Å²) in [6.45, 7) is 4.34. The van der Waals surface area contributed by atoms with Crippen molar-refractivity contribution in [1.82, 2.24) is 19.9 Å². The van der Waals surface area contributed by atoms with Crippen molar-refractivity contribution in [3.63, 3.8) is 0 Å². The highest BCUT2D eigenvalue weighted by Gasteiger charge is 2.13. The van der Waals surface area contributed by atoms with Gasteiger partial charge >= 0.3 is 0 Å². The Morgan fingerprint density at radius 2 is 1.91 bits per heavy atom. The average Bonchev–Trinajstić information content (AvgIpc) is 3.21. The second kappa shape index (κ2) is 9.15. The summed E-state index contributed by atoms with van der Waals surface area (Å²) in [6.07, 6.45) is 1.82. The zero-order chi connectivity index (χ0) is 21.9. The highest BCUT2D eigenvalue weighted by Crippen LogP contribution is 2.30. The number of ether oxygens (including phenoxy) is 1. The number of benzene rings is 1. The number of hydrogen-bond donors (Lipinski definition) is 1. The van der Waals surface area contributed by atoms with Crippen LogP contribution in [0, 0.1) is 5.82 Å². The molecule has 0 saturated carbocycles. The number of rotatable bonds is 6. The van der Waals surface area contributed by atoms with Gasteiger partial charge in [-0.2, -0.15) is 0 Å². The van der Waals surface area contributed by atoms with Gasteiger partial charge in [0.25, 0.3) is 0 Å². The van der Waals surface area contributed by atoms with E-state index in [1.54, 1.807) is 12.1 Å². The smallest absolute Gasteiger partial charge is 0.190 e. The second-order valence-corrected chi connectivity index (χ2v) is 8.59. The summed E-state index contributed by atoms with van der Waals surface area (Å²) in [7, 11) is 1.91. The van der Waals surface area contributed by atoms with Gasteiger partial charge in [-0.3, -0.25) is 4.90 Å². The Morgan fingerprint density at radius 3 is 2.72 bits per heavy atom. The summed E-state index contributed by atoms with van der Waals surface area (Å²) in [5.41, 5.74) is 2.88. The maximum atomic E-state index is 13.2. The molecule has 1 aliphatic heterocycles. The molecular weight excluding hydrogens is 427 g/mol. The van der Waals surface area contributed by atoms with E-state index in [2.05, 4.69) is 26.3 Å².